The van der Waals surface area contributed by atoms with Crippen molar-refractivity contribution in [2.75, 3.05) is 5.32 Å². The summed E-state index contributed by atoms with van der Waals surface area (Å²) in [6.45, 7) is 0. The standard InChI is InChI=1S/C20H16Cl3F3N4OS/c21-9-1-6-13-12(7-9)14(8-15(29-13)20(24,25)26)27-10-2-4-11(5-3-10)28-19(31)17-16(22)18(23)30-32-17/h1,6-8,10-11H,2-5H2,(H,27,29)(H,28,31)/t10-,11+. The van der Waals surface area contributed by atoms with Crippen molar-refractivity contribution in [3.63, 3.8) is 0 Å². The maximum atomic E-state index is 13.3. The molecule has 12 heteroatoms. The van der Waals surface area contributed by atoms with Crippen molar-refractivity contribution in [2.45, 2.75) is 43.9 Å². The Balaban J connectivity index is 1.45. The van der Waals surface area contributed by atoms with Gasteiger partial charge < -0.3 is 10.6 Å². The molecule has 1 fully saturated rings. The highest BCUT2D eigenvalue weighted by Crippen LogP contribution is 2.35. The smallest absolute Gasteiger partial charge is 0.382 e. The third kappa shape index (κ3) is 5.06. The maximum Gasteiger partial charge on any atom is 0.433 e. The number of aromatic nitrogens is 2. The normalized spacial score (nSPS) is 19.2. The van der Waals surface area contributed by atoms with Gasteiger partial charge in [-0.15, -0.1) is 0 Å². The van der Waals surface area contributed by atoms with Gasteiger partial charge in [0.1, 0.15) is 15.6 Å². The second-order valence-corrected chi connectivity index (χ2v) is 9.44. The Bertz CT molecular complexity index is 1160. The molecule has 0 radical (unpaired) electrons. The van der Waals surface area contributed by atoms with Gasteiger partial charge in [-0.2, -0.15) is 17.5 Å². The predicted octanol–water partition coefficient (Wildman–Crippen LogP) is 6.82. The van der Waals surface area contributed by atoms with Crippen LogP contribution in [0.2, 0.25) is 15.2 Å². The molecule has 1 saturated carbocycles. The molecule has 1 aliphatic rings. The molecule has 32 heavy (non-hydrogen) atoms. The number of halogens is 6. The minimum atomic E-state index is -4.56. The lowest BCUT2D eigenvalue weighted by Crippen LogP contribution is -2.40. The first-order valence-electron chi connectivity index (χ1n) is 9.67. The lowest BCUT2D eigenvalue weighted by Gasteiger charge is -2.30. The quantitative estimate of drug-likeness (QED) is 0.394. The van der Waals surface area contributed by atoms with Crippen molar-refractivity contribution in [1.82, 2.24) is 14.7 Å². The average molecular weight is 524 g/mol. The Kier molecular flexibility index (Phi) is 6.72. The Morgan fingerprint density at radius 2 is 1.75 bits per heavy atom. The van der Waals surface area contributed by atoms with Gasteiger partial charge in [0, 0.05) is 28.2 Å². The summed E-state index contributed by atoms with van der Waals surface area (Å²) in [6.07, 6.45) is -1.93. The number of nitrogens with one attached hydrogen (secondary N) is 2. The van der Waals surface area contributed by atoms with E-state index in [1.165, 1.54) is 12.1 Å². The fourth-order valence-corrected chi connectivity index (χ4v) is 5.01. The lowest BCUT2D eigenvalue weighted by molar-refractivity contribution is -0.140. The van der Waals surface area contributed by atoms with E-state index in [0.29, 0.717) is 41.8 Å². The first-order chi connectivity index (χ1) is 15.1. The van der Waals surface area contributed by atoms with Crippen molar-refractivity contribution in [3.05, 3.63) is 50.0 Å². The van der Waals surface area contributed by atoms with E-state index in [0.717, 1.165) is 17.6 Å². The summed E-state index contributed by atoms with van der Waals surface area (Å²) in [6, 6.07) is 5.46. The molecular formula is C20H16Cl3F3N4OS. The predicted molar refractivity (Wildman–Crippen MR) is 121 cm³/mol. The number of rotatable bonds is 4. The summed E-state index contributed by atoms with van der Waals surface area (Å²) in [7, 11) is 0. The van der Waals surface area contributed by atoms with E-state index in [1.54, 1.807) is 6.07 Å². The van der Waals surface area contributed by atoms with Gasteiger partial charge in [-0.05, 0) is 61.5 Å². The summed E-state index contributed by atoms with van der Waals surface area (Å²) in [5.74, 6) is -0.333. The zero-order valence-electron chi connectivity index (χ0n) is 16.3. The number of hydrogen-bond donors (Lipinski definition) is 2. The second kappa shape index (κ2) is 9.21. The minimum absolute atomic E-state index is 0.0599. The number of alkyl halides is 3. The number of nitrogens with zero attached hydrogens (tertiary/aromatic N) is 2. The van der Waals surface area contributed by atoms with Gasteiger partial charge in [-0.3, -0.25) is 4.79 Å². The molecule has 1 aromatic carbocycles. The Morgan fingerprint density at radius 1 is 1.06 bits per heavy atom. The Hall–Kier alpha value is -1.81. The molecular weight excluding hydrogens is 508 g/mol. The third-order valence-electron chi connectivity index (χ3n) is 5.29. The monoisotopic (exact) mass is 522 g/mol. The van der Waals surface area contributed by atoms with Gasteiger partial charge in [0.15, 0.2) is 5.15 Å². The van der Waals surface area contributed by atoms with E-state index in [9.17, 15) is 18.0 Å². The Labute approximate surface area is 200 Å². The lowest BCUT2D eigenvalue weighted by atomic mass is 9.90. The van der Waals surface area contributed by atoms with Gasteiger partial charge in [-0.25, -0.2) is 4.98 Å². The average Bonchev–Trinajstić information content (AvgIpc) is 3.07. The fraction of sp³-hybridized carbons (Fsp3) is 0.350. The maximum absolute atomic E-state index is 13.3. The summed E-state index contributed by atoms with van der Waals surface area (Å²) in [4.78, 5) is 16.4. The van der Waals surface area contributed by atoms with Gasteiger partial charge in [-0.1, -0.05) is 34.8 Å². The molecule has 170 valence electrons. The fourth-order valence-electron chi connectivity index (χ4n) is 3.72. The molecule has 1 aliphatic carbocycles. The van der Waals surface area contributed by atoms with Crippen LogP contribution >= 0.6 is 46.3 Å². The zero-order chi connectivity index (χ0) is 23.0. The van der Waals surface area contributed by atoms with Crippen molar-refractivity contribution in [1.29, 1.82) is 0 Å². The molecule has 2 heterocycles. The van der Waals surface area contributed by atoms with E-state index >= 15 is 0 Å². The SMILES string of the molecule is O=C(N[C@H]1CC[C@@H](Nc2cc(C(F)(F)F)nc3ccc(Cl)cc23)CC1)c1snc(Cl)c1Cl. The first-order valence-corrected chi connectivity index (χ1v) is 11.6. The van der Waals surface area contributed by atoms with Crippen molar-refractivity contribution in [2.24, 2.45) is 0 Å². The largest absolute Gasteiger partial charge is 0.433 e. The van der Waals surface area contributed by atoms with Crippen LogP contribution in [0, 0.1) is 0 Å². The van der Waals surface area contributed by atoms with Gasteiger partial charge >= 0.3 is 6.18 Å². The topological polar surface area (TPSA) is 66.9 Å². The van der Waals surface area contributed by atoms with Crippen LogP contribution in [0.4, 0.5) is 18.9 Å². The van der Waals surface area contributed by atoms with Crippen molar-refractivity contribution < 1.29 is 18.0 Å². The molecule has 1 amide bonds. The van der Waals surface area contributed by atoms with Crippen LogP contribution in [-0.2, 0) is 6.18 Å². The van der Waals surface area contributed by atoms with E-state index < -0.39 is 11.9 Å². The third-order valence-corrected chi connectivity index (χ3v) is 7.32. The number of pyridine rings is 1. The number of fused-ring (bicyclic) bond motifs is 1. The number of carbonyl (C=O) groups is 1. The number of hydrogen-bond acceptors (Lipinski definition) is 5. The van der Waals surface area contributed by atoms with Gasteiger partial charge in [0.2, 0.25) is 0 Å². The van der Waals surface area contributed by atoms with Gasteiger partial charge in [0.05, 0.1) is 5.52 Å². The molecule has 5 nitrogen and oxygen atoms in total. The highest BCUT2D eigenvalue weighted by atomic mass is 35.5. The van der Waals surface area contributed by atoms with Crippen LogP contribution < -0.4 is 10.6 Å². The zero-order valence-corrected chi connectivity index (χ0v) is 19.4. The van der Waals surface area contributed by atoms with Crippen LogP contribution in [-0.4, -0.2) is 27.3 Å². The summed E-state index contributed by atoms with van der Waals surface area (Å²) < 4.78 is 43.8. The highest BCUT2D eigenvalue weighted by molar-refractivity contribution is 7.09. The number of amides is 1. The Morgan fingerprint density at radius 3 is 2.38 bits per heavy atom. The first kappa shape index (κ1) is 23.4. The van der Waals surface area contributed by atoms with Crippen LogP contribution in [0.1, 0.15) is 41.0 Å². The number of anilines is 1. The summed E-state index contributed by atoms with van der Waals surface area (Å²) >= 11 is 18.8. The van der Waals surface area contributed by atoms with E-state index in [1.807, 2.05) is 0 Å². The van der Waals surface area contributed by atoms with Crippen LogP contribution in [0.3, 0.4) is 0 Å². The number of benzene rings is 1. The van der Waals surface area contributed by atoms with Gasteiger partial charge in [0.25, 0.3) is 5.91 Å². The summed E-state index contributed by atoms with van der Waals surface area (Å²) in [5.41, 5.74) is -0.410. The summed E-state index contributed by atoms with van der Waals surface area (Å²) in [5, 5.41) is 7.31. The molecule has 0 spiro atoms. The minimum Gasteiger partial charge on any atom is -0.382 e. The molecule has 0 aliphatic heterocycles. The molecule has 2 aromatic heterocycles. The molecule has 0 unspecified atom stereocenters. The van der Waals surface area contributed by atoms with Crippen molar-refractivity contribution in [3.8, 4) is 0 Å². The van der Waals surface area contributed by atoms with E-state index in [4.69, 9.17) is 34.8 Å². The molecule has 0 bridgehead atoms. The molecule has 0 saturated heterocycles. The van der Waals surface area contributed by atoms with Crippen LogP contribution in [0.15, 0.2) is 24.3 Å². The molecule has 0 atom stereocenters. The molecule has 2 N–H and O–H groups in total. The van der Waals surface area contributed by atoms with E-state index in [2.05, 4.69) is 20.0 Å². The van der Waals surface area contributed by atoms with Crippen molar-refractivity contribution >= 4 is 68.8 Å². The number of carbonyl (C=O) groups excluding carboxylic acids is 1. The molecule has 3 aromatic rings. The van der Waals surface area contributed by atoms with Crippen LogP contribution in [0.5, 0.6) is 0 Å². The highest BCUT2D eigenvalue weighted by Gasteiger charge is 2.34. The molecule has 4 rings (SSSR count). The van der Waals surface area contributed by atoms with Crippen LogP contribution in [0.25, 0.3) is 10.9 Å². The second-order valence-electron chi connectivity index (χ2n) is 7.50. The van der Waals surface area contributed by atoms with E-state index in [-0.39, 0.29) is 38.6 Å².